The lowest BCUT2D eigenvalue weighted by Gasteiger charge is -2.26. The quantitative estimate of drug-likeness (QED) is 0.421. The molecule has 1 fully saturated rings. The van der Waals surface area contributed by atoms with Crippen LogP contribution in [0.5, 0.6) is 0 Å². The van der Waals surface area contributed by atoms with Crippen molar-refractivity contribution in [3.63, 3.8) is 0 Å². The maximum absolute atomic E-state index is 6.51. The molecule has 0 bridgehead atoms. The van der Waals surface area contributed by atoms with Gasteiger partial charge in [-0.2, -0.15) is 0 Å². The van der Waals surface area contributed by atoms with Crippen LogP contribution in [-0.2, 0) is 0 Å². The highest BCUT2D eigenvalue weighted by Gasteiger charge is 2.26. The highest BCUT2D eigenvalue weighted by Crippen LogP contribution is 2.24. The largest absolute Gasteiger partial charge is 0.317 e. The Bertz CT molecular complexity index is 142. The van der Waals surface area contributed by atoms with Crippen molar-refractivity contribution >= 4 is 11.6 Å². The molecular weight excluding hydrogens is 196 g/mol. The molecule has 1 aliphatic heterocycles. The molecule has 0 saturated carbocycles. The Morgan fingerprint density at radius 3 is 2.93 bits per heavy atom. The molecule has 84 valence electrons. The van der Waals surface area contributed by atoms with Gasteiger partial charge < -0.3 is 5.32 Å². The second kappa shape index (κ2) is 6.65. The zero-order valence-electron chi connectivity index (χ0n) is 9.24. The van der Waals surface area contributed by atoms with Gasteiger partial charge in [-0.1, -0.05) is 19.8 Å². The molecule has 1 rings (SSSR count). The van der Waals surface area contributed by atoms with Gasteiger partial charge in [0.15, 0.2) is 0 Å². The van der Waals surface area contributed by atoms with Crippen LogP contribution < -0.4 is 10.6 Å². The summed E-state index contributed by atoms with van der Waals surface area (Å²) < 4.78 is 0. The summed E-state index contributed by atoms with van der Waals surface area (Å²) in [6.45, 7) is 5.46. The van der Waals surface area contributed by atoms with Crippen molar-refractivity contribution in [1.29, 1.82) is 0 Å². The van der Waals surface area contributed by atoms with E-state index in [1.54, 1.807) is 0 Å². The Balaban J connectivity index is 2.17. The van der Waals surface area contributed by atoms with E-state index in [0.717, 1.165) is 32.5 Å². The summed E-state index contributed by atoms with van der Waals surface area (Å²) in [5.74, 6) is 0. The molecule has 1 saturated heterocycles. The lowest BCUT2D eigenvalue weighted by atomic mass is 10.1. The van der Waals surface area contributed by atoms with Crippen LogP contribution in [0.2, 0.25) is 0 Å². The van der Waals surface area contributed by atoms with Gasteiger partial charge >= 0.3 is 0 Å². The molecule has 1 heterocycles. The van der Waals surface area contributed by atoms with E-state index in [2.05, 4.69) is 17.6 Å². The van der Waals surface area contributed by atoms with Crippen molar-refractivity contribution < 1.29 is 0 Å². The average Bonchev–Trinajstić information content (AvgIpc) is 2.39. The van der Waals surface area contributed by atoms with Crippen LogP contribution in [0.25, 0.3) is 0 Å². The first-order chi connectivity index (χ1) is 6.77. The van der Waals surface area contributed by atoms with Crippen LogP contribution >= 0.6 is 11.6 Å². The number of halogens is 1. The predicted molar refractivity (Wildman–Crippen MR) is 62.8 cm³/mol. The van der Waals surface area contributed by atoms with Crippen LogP contribution in [0.4, 0.5) is 0 Å². The third-order valence-corrected chi connectivity index (χ3v) is 3.36. The monoisotopic (exact) mass is 218 g/mol. The lowest BCUT2D eigenvalue weighted by Crippen LogP contribution is -2.40. The van der Waals surface area contributed by atoms with E-state index in [4.69, 9.17) is 11.6 Å². The first-order valence-electron chi connectivity index (χ1n) is 5.91. The van der Waals surface area contributed by atoms with Gasteiger partial charge in [0.25, 0.3) is 0 Å². The van der Waals surface area contributed by atoms with Crippen LogP contribution in [0.3, 0.4) is 0 Å². The van der Waals surface area contributed by atoms with Gasteiger partial charge in [-0.05, 0) is 45.3 Å². The second-order valence-electron chi connectivity index (χ2n) is 4.20. The molecule has 0 aliphatic carbocycles. The smallest absolute Gasteiger partial charge is 0.0948 e. The zero-order chi connectivity index (χ0) is 10.3. The molecule has 0 spiro atoms. The van der Waals surface area contributed by atoms with Gasteiger partial charge in [0, 0.05) is 0 Å². The summed E-state index contributed by atoms with van der Waals surface area (Å²) in [6.07, 6.45) is 7.15. The summed E-state index contributed by atoms with van der Waals surface area (Å²) >= 11 is 6.51. The van der Waals surface area contributed by atoms with Gasteiger partial charge in [-0.15, -0.1) is 11.6 Å². The van der Waals surface area contributed by atoms with E-state index in [9.17, 15) is 0 Å². The molecule has 0 aromatic rings. The predicted octanol–water partition coefficient (Wildman–Crippen LogP) is 2.47. The number of unbranched alkanes of at least 4 members (excludes halogenated alkanes) is 2. The van der Waals surface area contributed by atoms with Gasteiger partial charge in [0.1, 0.15) is 0 Å². The summed E-state index contributed by atoms with van der Waals surface area (Å²) in [6, 6.07) is 0. The fourth-order valence-corrected chi connectivity index (χ4v) is 2.22. The second-order valence-corrected chi connectivity index (χ2v) is 4.93. The highest BCUT2D eigenvalue weighted by atomic mass is 35.5. The van der Waals surface area contributed by atoms with Gasteiger partial charge in [0.05, 0.1) is 5.00 Å². The van der Waals surface area contributed by atoms with E-state index >= 15 is 0 Å². The Morgan fingerprint density at radius 1 is 1.29 bits per heavy atom. The number of hydrogen-bond donors (Lipinski definition) is 2. The number of hydrogen-bond acceptors (Lipinski definition) is 2. The molecule has 2 nitrogen and oxygen atoms in total. The van der Waals surface area contributed by atoms with E-state index in [1.807, 2.05) is 0 Å². The molecule has 1 unspecified atom stereocenters. The van der Waals surface area contributed by atoms with Gasteiger partial charge in [-0.3, -0.25) is 5.32 Å². The minimum Gasteiger partial charge on any atom is -0.317 e. The van der Waals surface area contributed by atoms with Crippen molar-refractivity contribution in [1.82, 2.24) is 10.6 Å². The fraction of sp³-hybridized carbons (Fsp3) is 1.00. The van der Waals surface area contributed by atoms with Gasteiger partial charge in [-0.25, -0.2) is 0 Å². The van der Waals surface area contributed by atoms with Crippen molar-refractivity contribution in [2.24, 2.45) is 0 Å². The van der Waals surface area contributed by atoms with E-state index < -0.39 is 0 Å². The first kappa shape index (κ1) is 12.3. The first-order valence-corrected chi connectivity index (χ1v) is 6.29. The van der Waals surface area contributed by atoms with E-state index in [-0.39, 0.29) is 5.00 Å². The Morgan fingerprint density at radius 2 is 2.14 bits per heavy atom. The third-order valence-electron chi connectivity index (χ3n) is 2.85. The molecule has 0 aromatic carbocycles. The Labute approximate surface area is 92.8 Å². The molecule has 1 atom stereocenters. The van der Waals surface area contributed by atoms with Crippen molar-refractivity contribution in [3.05, 3.63) is 0 Å². The third kappa shape index (κ3) is 4.63. The molecule has 2 N–H and O–H groups in total. The number of alkyl halides is 1. The average molecular weight is 219 g/mol. The topological polar surface area (TPSA) is 24.1 Å². The molecule has 3 heteroatoms. The molecule has 0 amide bonds. The van der Waals surface area contributed by atoms with Crippen molar-refractivity contribution in [2.75, 3.05) is 19.6 Å². The maximum Gasteiger partial charge on any atom is 0.0948 e. The normalized spacial score (nSPS) is 28.7. The summed E-state index contributed by atoms with van der Waals surface area (Å²) in [5.41, 5.74) is 0. The highest BCUT2D eigenvalue weighted by molar-refractivity contribution is 6.23. The van der Waals surface area contributed by atoms with Crippen molar-refractivity contribution in [3.8, 4) is 0 Å². The number of nitrogens with one attached hydrogen (secondary N) is 2. The standard InChI is InChI=1S/C11H23ClN2/c1-2-3-4-9-14-11(12)6-5-8-13-10-7-11/h13-14H,2-10H2,1H3. The van der Waals surface area contributed by atoms with Gasteiger partial charge in [0.2, 0.25) is 0 Å². The van der Waals surface area contributed by atoms with Crippen LogP contribution in [-0.4, -0.2) is 24.6 Å². The Kier molecular flexibility index (Phi) is 5.83. The minimum absolute atomic E-state index is 0.128. The van der Waals surface area contributed by atoms with Crippen LogP contribution in [0.1, 0.15) is 45.4 Å². The summed E-state index contributed by atoms with van der Waals surface area (Å²) in [4.78, 5) is -0.128. The van der Waals surface area contributed by atoms with Crippen LogP contribution in [0.15, 0.2) is 0 Å². The lowest BCUT2D eigenvalue weighted by molar-refractivity contribution is 0.408. The van der Waals surface area contributed by atoms with E-state index in [1.165, 1.54) is 25.7 Å². The fourth-order valence-electron chi connectivity index (χ4n) is 1.89. The molecule has 14 heavy (non-hydrogen) atoms. The molecule has 0 radical (unpaired) electrons. The number of rotatable bonds is 5. The van der Waals surface area contributed by atoms with Crippen LogP contribution in [0, 0.1) is 0 Å². The SMILES string of the molecule is CCCCCNC1(Cl)CCCNCC1. The van der Waals surface area contributed by atoms with Crippen molar-refractivity contribution in [2.45, 2.75) is 50.4 Å². The minimum atomic E-state index is -0.128. The Hall–Kier alpha value is 0.210. The van der Waals surface area contributed by atoms with E-state index in [0.29, 0.717) is 0 Å². The molecule has 0 aromatic heterocycles. The summed E-state index contributed by atoms with van der Waals surface area (Å²) in [7, 11) is 0. The zero-order valence-corrected chi connectivity index (χ0v) is 10.00. The maximum atomic E-state index is 6.51. The molecular formula is C11H23ClN2. The molecule has 1 aliphatic rings. The summed E-state index contributed by atoms with van der Waals surface area (Å²) in [5, 5.41) is 6.88.